The quantitative estimate of drug-likeness (QED) is 0.858. The van der Waals surface area contributed by atoms with E-state index < -0.39 is 6.04 Å². The Bertz CT molecular complexity index is 602. The molecule has 158 valence electrons. The number of fused-ring (bicyclic) bond motifs is 2. The zero-order valence-electron chi connectivity index (χ0n) is 18.4. The minimum atomic E-state index is -0.611. The van der Waals surface area contributed by atoms with Crippen molar-refractivity contribution in [2.24, 2.45) is 11.7 Å². The minimum absolute atomic E-state index is 0.0137. The summed E-state index contributed by atoms with van der Waals surface area (Å²) < 4.78 is 0. The molecule has 0 aliphatic carbocycles. The molecule has 0 spiro atoms. The summed E-state index contributed by atoms with van der Waals surface area (Å²) in [4.78, 5) is 31.4. The maximum atomic E-state index is 12.1. The molecular formula is C22H38N4O2. The molecule has 0 aromatic carbocycles. The SMILES string of the molecule is CC(=O)N(C(=O)C(C)N)C1C2CCN(C2)C1C.CCCC.Cc1cccnc1. The van der Waals surface area contributed by atoms with Crippen LogP contribution in [0.25, 0.3) is 0 Å². The van der Waals surface area contributed by atoms with Gasteiger partial charge in [0.05, 0.1) is 12.1 Å². The standard InChI is InChI=1S/C12H21N3O2.C6H7N.C4H10/c1-7(13)12(17)15(9(3)16)11-8(2)14-5-4-10(11)6-14;1-6-3-2-4-7-5-6;1-3-4-2/h7-8,10-11H,4-6,13H2,1-3H3;2-5H,1H3;3-4H2,1-2H3. The lowest BCUT2D eigenvalue weighted by Crippen LogP contribution is -2.56. The summed E-state index contributed by atoms with van der Waals surface area (Å²) in [6.07, 6.45) is 7.32. The molecule has 0 saturated carbocycles. The summed E-state index contributed by atoms with van der Waals surface area (Å²) >= 11 is 0. The molecule has 1 aromatic heterocycles. The Hall–Kier alpha value is -1.79. The van der Waals surface area contributed by atoms with Crippen LogP contribution in [0.5, 0.6) is 0 Å². The fraction of sp³-hybridized carbons (Fsp3) is 0.682. The van der Waals surface area contributed by atoms with Crippen molar-refractivity contribution < 1.29 is 9.59 Å². The van der Waals surface area contributed by atoms with Crippen LogP contribution in [0.4, 0.5) is 0 Å². The first-order valence-electron chi connectivity index (χ1n) is 10.4. The Kier molecular flexibility index (Phi) is 10.3. The molecule has 5 atom stereocenters. The van der Waals surface area contributed by atoms with Crippen molar-refractivity contribution in [1.29, 1.82) is 0 Å². The predicted octanol–water partition coefficient (Wildman–Crippen LogP) is 3.00. The molecule has 1 aromatic rings. The molecule has 28 heavy (non-hydrogen) atoms. The maximum absolute atomic E-state index is 12.1. The Morgan fingerprint density at radius 2 is 2.00 bits per heavy atom. The van der Waals surface area contributed by atoms with Gasteiger partial charge in [0.25, 0.3) is 0 Å². The van der Waals surface area contributed by atoms with E-state index in [2.05, 4.69) is 30.7 Å². The third-order valence-corrected chi connectivity index (χ3v) is 5.38. The highest BCUT2D eigenvalue weighted by Crippen LogP contribution is 2.36. The van der Waals surface area contributed by atoms with E-state index in [0.29, 0.717) is 5.92 Å². The lowest BCUT2D eigenvalue weighted by Gasteiger charge is -2.37. The smallest absolute Gasteiger partial charge is 0.246 e. The Morgan fingerprint density at radius 3 is 2.32 bits per heavy atom. The zero-order chi connectivity index (χ0) is 21.3. The van der Waals surface area contributed by atoms with E-state index >= 15 is 0 Å². The molecule has 2 aliphatic heterocycles. The van der Waals surface area contributed by atoms with E-state index in [1.807, 2.05) is 25.3 Å². The van der Waals surface area contributed by atoms with Crippen LogP contribution in [-0.4, -0.2) is 57.8 Å². The molecule has 2 N–H and O–H groups in total. The summed E-state index contributed by atoms with van der Waals surface area (Å²) in [7, 11) is 0. The molecule has 2 amide bonds. The Labute approximate surface area is 170 Å². The monoisotopic (exact) mass is 390 g/mol. The van der Waals surface area contributed by atoms with Gasteiger partial charge in [0.2, 0.25) is 11.8 Å². The van der Waals surface area contributed by atoms with Crippen molar-refractivity contribution in [2.45, 2.75) is 78.9 Å². The van der Waals surface area contributed by atoms with Crippen LogP contribution >= 0.6 is 0 Å². The van der Waals surface area contributed by atoms with Crippen LogP contribution in [0.15, 0.2) is 24.5 Å². The highest BCUT2D eigenvalue weighted by Gasteiger charge is 2.49. The van der Waals surface area contributed by atoms with Crippen molar-refractivity contribution in [2.75, 3.05) is 13.1 Å². The Balaban J connectivity index is 0.000000293. The van der Waals surface area contributed by atoms with Gasteiger partial charge in [-0.05, 0) is 51.3 Å². The van der Waals surface area contributed by atoms with Crippen LogP contribution in [-0.2, 0) is 9.59 Å². The van der Waals surface area contributed by atoms with E-state index in [9.17, 15) is 9.59 Å². The van der Waals surface area contributed by atoms with Crippen molar-refractivity contribution in [1.82, 2.24) is 14.8 Å². The third-order valence-electron chi connectivity index (χ3n) is 5.38. The Morgan fingerprint density at radius 1 is 1.36 bits per heavy atom. The van der Waals surface area contributed by atoms with Crippen molar-refractivity contribution in [3.8, 4) is 0 Å². The number of aryl methyl sites for hydroxylation is 1. The van der Waals surface area contributed by atoms with Gasteiger partial charge in [-0.15, -0.1) is 0 Å². The molecular weight excluding hydrogens is 352 g/mol. The highest BCUT2D eigenvalue weighted by molar-refractivity contribution is 5.97. The molecule has 2 saturated heterocycles. The largest absolute Gasteiger partial charge is 0.320 e. The second kappa shape index (κ2) is 11.9. The average molecular weight is 391 g/mol. The first-order valence-corrected chi connectivity index (χ1v) is 10.4. The summed E-state index contributed by atoms with van der Waals surface area (Å²) in [5.41, 5.74) is 6.84. The van der Waals surface area contributed by atoms with Gasteiger partial charge in [0.15, 0.2) is 0 Å². The van der Waals surface area contributed by atoms with Crippen molar-refractivity contribution >= 4 is 11.8 Å². The molecule has 3 rings (SSSR count). The number of nitrogens with zero attached hydrogens (tertiary/aromatic N) is 3. The van der Waals surface area contributed by atoms with E-state index in [4.69, 9.17) is 5.73 Å². The molecule has 2 fully saturated rings. The second-order valence-corrected chi connectivity index (χ2v) is 7.82. The van der Waals surface area contributed by atoms with Gasteiger partial charge in [-0.1, -0.05) is 32.8 Å². The van der Waals surface area contributed by atoms with Gasteiger partial charge in [-0.25, -0.2) is 0 Å². The topological polar surface area (TPSA) is 79.5 Å². The fourth-order valence-corrected chi connectivity index (χ4v) is 3.68. The van der Waals surface area contributed by atoms with Gasteiger partial charge < -0.3 is 5.73 Å². The zero-order valence-corrected chi connectivity index (χ0v) is 18.4. The number of aromatic nitrogens is 1. The first kappa shape index (κ1) is 24.2. The number of imide groups is 1. The summed E-state index contributed by atoms with van der Waals surface area (Å²) in [6, 6.07) is 3.61. The average Bonchev–Trinajstić information content (AvgIpc) is 3.25. The van der Waals surface area contributed by atoms with Gasteiger partial charge in [0.1, 0.15) is 0 Å². The van der Waals surface area contributed by atoms with E-state index in [0.717, 1.165) is 19.5 Å². The molecule has 0 radical (unpaired) electrons. The van der Waals surface area contributed by atoms with Crippen LogP contribution in [0.2, 0.25) is 0 Å². The number of hydrogen-bond acceptors (Lipinski definition) is 5. The van der Waals surface area contributed by atoms with Gasteiger partial charge in [-0.2, -0.15) is 0 Å². The minimum Gasteiger partial charge on any atom is -0.320 e. The summed E-state index contributed by atoms with van der Waals surface area (Å²) in [6.45, 7) is 13.6. The van der Waals surface area contributed by atoms with Crippen LogP contribution in [0.1, 0.15) is 59.4 Å². The first-order chi connectivity index (χ1) is 13.2. The molecule has 2 aliphatic rings. The number of hydrogen-bond donors (Lipinski definition) is 1. The number of nitrogens with two attached hydrogens (primary N) is 1. The normalized spacial score (nSPS) is 25.7. The van der Waals surface area contributed by atoms with Crippen LogP contribution in [0.3, 0.4) is 0 Å². The maximum Gasteiger partial charge on any atom is 0.246 e. The lowest BCUT2D eigenvalue weighted by molar-refractivity contribution is -0.149. The van der Waals surface area contributed by atoms with Crippen LogP contribution in [0, 0.1) is 12.8 Å². The molecule has 5 unspecified atom stereocenters. The van der Waals surface area contributed by atoms with Crippen molar-refractivity contribution in [3.63, 3.8) is 0 Å². The molecule has 2 bridgehead atoms. The highest BCUT2D eigenvalue weighted by atomic mass is 16.2. The number of pyridine rings is 1. The van der Waals surface area contributed by atoms with Crippen molar-refractivity contribution in [3.05, 3.63) is 30.1 Å². The predicted molar refractivity (Wildman–Crippen MR) is 114 cm³/mol. The lowest BCUT2D eigenvalue weighted by atomic mass is 9.92. The fourth-order valence-electron chi connectivity index (χ4n) is 3.68. The number of carbonyl (C=O) groups excluding carboxylic acids is 2. The molecule has 6 nitrogen and oxygen atoms in total. The van der Waals surface area contributed by atoms with Gasteiger partial charge >= 0.3 is 0 Å². The van der Waals surface area contributed by atoms with E-state index in [-0.39, 0.29) is 23.9 Å². The van der Waals surface area contributed by atoms with Crippen LogP contribution < -0.4 is 5.73 Å². The third kappa shape index (κ3) is 6.67. The summed E-state index contributed by atoms with van der Waals surface area (Å²) in [5.74, 6) is -0.00222. The number of unbranched alkanes of at least 4 members (excludes halogenated alkanes) is 1. The number of carbonyl (C=O) groups is 2. The number of amides is 2. The number of rotatable bonds is 3. The van der Waals surface area contributed by atoms with E-state index in [1.54, 1.807) is 13.1 Å². The van der Waals surface area contributed by atoms with E-state index in [1.165, 1.54) is 30.2 Å². The molecule has 6 heteroatoms. The van der Waals surface area contributed by atoms with Gasteiger partial charge in [-0.3, -0.25) is 24.4 Å². The second-order valence-electron chi connectivity index (χ2n) is 7.82. The summed E-state index contributed by atoms with van der Waals surface area (Å²) in [5, 5.41) is 0. The number of piperidine rings is 1. The van der Waals surface area contributed by atoms with Gasteiger partial charge in [0, 0.05) is 31.9 Å². The molecule has 3 heterocycles.